The average molecular weight is 227 g/mol. The van der Waals surface area contributed by atoms with E-state index in [9.17, 15) is 0 Å². The van der Waals surface area contributed by atoms with E-state index in [1.165, 1.54) is 24.0 Å². The molecule has 12 heavy (non-hydrogen) atoms. The highest BCUT2D eigenvalue weighted by molar-refractivity contribution is 9.10. The summed E-state index contributed by atoms with van der Waals surface area (Å²) in [5, 5.41) is 0. The third-order valence-corrected chi connectivity index (χ3v) is 3.14. The topological polar surface area (TPSA) is 38.9 Å². The van der Waals surface area contributed by atoms with Gasteiger partial charge in [-0.25, -0.2) is 4.98 Å². The Morgan fingerprint density at radius 1 is 1.58 bits per heavy atom. The van der Waals surface area contributed by atoms with Gasteiger partial charge in [0.05, 0.1) is 0 Å². The van der Waals surface area contributed by atoms with Gasteiger partial charge in [0.25, 0.3) is 0 Å². The second-order valence-corrected chi connectivity index (χ2v) is 4.16. The summed E-state index contributed by atoms with van der Waals surface area (Å²) in [4.78, 5) is 4.13. The summed E-state index contributed by atoms with van der Waals surface area (Å²) < 4.78 is 1.07. The van der Waals surface area contributed by atoms with Crippen LogP contribution >= 0.6 is 15.9 Å². The van der Waals surface area contributed by atoms with Crippen LogP contribution in [0.5, 0.6) is 0 Å². The molecule has 2 N–H and O–H groups in total. The zero-order valence-corrected chi connectivity index (χ0v) is 8.56. The van der Waals surface area contributed by atoms with E-state index in [0.717, 1.165) is 4.47 Å². The molecule has 1 aromatic rings. The highest BCUT2D eigenvalue weighted by atomic mass is 79.9. The number of rotatable bonds is 1. The monoisotopic (exact) mass is 226 g/mol. The van der Waals surface area contributed by atoms with Crippen molar-refractivity contribution >= 4 is 21.7 Å². The third kappa shape index (κ3) is 1.22. The lowest BCUT2D eigenvalue weighted by atomic mass is 10.1. The Bertz CT molecular complexity index is 319. The Balaban J connectivity index is 2.55. The Morgan fingerprint density at radius 3 is 2.83 bits per heavy atom. The average Bonchev–Trinajstić information content (AvgIpc) is 2.81. The summed E-state index contributed by atoms with van der Waals surface area (Å²) in [5.74, 6) is 1.38. The molecule has 0 unspecified atom stereocenters. The molecule has 0 bridgehead atoms. The number of nitrogens with zero attached hydrogens (tertiary/aromatic N) is 1. The molecule has 2 nitrogen and oxygen atoms in total. The minimum Gasteiger partial charge on any atom is -0.383 e. The summed E-state index contributed by atoms with van der Waals surface area (Å²) in [6.45, 7) is 2.09. The van der Waals surface area contributed by atoms with E-state index in [0.29, 0.717) is 11.7 Å². The fraction of sp³-hybridized carbons (Fsp3) is 0.444. The van der Waals surface area contributed by atoms with Crippen LogP contribution < -0.4 is 5.73 Å². The second-order valence-electron chi connectivity index (χ2n) is 3.30. The van der Waals surface area contributed by atoms with E-state index in [1.54, 1.807) is 6.20 Å². The summed E-state index contributed by atoms with van der Waals surface area (Å²) >= 11 is 3.46. The van der Waals surface area contributed by atoms with Crippen LogP contribution in [0, 0.1) is 6.92 Å². The lowest BCUT2D eigenvalue weighted by Gasteiger charge is -2.08. The largest absolute Gasteiger partial charge is 0.383 e. The highest BCUT2D eigenvalue weighted by Crippen LogP contribution is 2.44. The van der Waals surface area contributed by atoms with E-state index in [4.69, 9.17) is 5.73 Å². The Hall–Kier alpha value is -0.570. The van der Waals surface area contributed by atoms with Crippen LogP contribution in [-0.4, -0.2) is 4.98 Å². The van der Waals surface area contributed by atoms with Crippen LogP contribution in [0.3, 0.4) is 0 Å². The van der Waals surface area contributed by atoms with Gasteiger partial charge in [0.15, 0.2) is 0 Å². The van der Waals surface area contributed by atoms with Crippen LogP contribution in [0.2, 0.25) is 0 Å². The maximum Gasteiger partial charge on any atom is 0.127 e. The van der Waals surface area contributed by atoms with Gasteiger partial charge in [-0.1, -0.05) is 0 Å². The van der Waals surface area contributed by atoms with Gasteiger partial charge < -0.3 is 5.73 Å². The minimum atomic E-state index is 0.676. The quantitative estimate of drug-likeness (QED) is 0.800. The predicted octanol–water partition coefficient (Wildman–Crippen LogP) is 2.61. The summed E-state index contributed by atoms with van der Waals surface area (Å²) in [5.41, 5.74) is 8.31. The molecule has 0 atom stereocenters. The molecule has 0 radical (unpaired) electrons. The molecule has 1 aromatic heterocycles. The fourth-order valence-corrected chi connectivity index (χ4v) is 1.82. The van der Waals surface area contributed by atoms with Crippen molar-refractivity contribution in [3.05, 3.63) is 21.8 Å². The number of pyridine rings is 1. The van der Waals surface area contributed by atoms with Gasteiger partial charge in [-0.2, -0.15) is 0 Å². The number of nitrogens with two attached hydrogens (primary N) is 1. The van der Waals surface area contributed by atoms with E-state index in [1.807, 2.05) is 0 Å². The molecule has 0 saturated heterocycles. The van der Waals surface area contributed by atoms with Crippen molar-refractivity contribution in [1.82, 2.24) is 4.98 Å². The van der Waals surface area contributed by atoms with Gasteiger partial charge in [-0.05, 0) is 47.2 Å². The van der Waals surface area contributed by atoms with Gasteiger partial charge >= 0.3 is 0 Å². The SMILES string of the molecule is Cc1c(Br)cnc(N)c1C1CC1. The Morgan fingerprint density at radius 2 is 2.25 bits per heavy atom. The van der Waals surface area contributed by atoms with Crippen LogP contribution in [0.15, 0.2) is 10.7 Å². The Kier molecular flexibility index (Phi) is 1.83. The van der Waals surface area contributed by atoms with Crippen molar-refractivity contribution in [1.29, 1.82) is 0 Å². The highest BCUT2D eigenvalue weighted by Gasteiger charge is 2.28. The lowest BCUT2D eigenvalue weighted by molar-refractivity contribution is 1.06. The zero-order valence-electron chi connectivity index (χ0n) is 6.97. The molecule has 0 aromatic carbocycles. The number of halogens is 1. The first-order chi connectivity index (χ1) is 5.70. The first-order valence-corrected chi connectivity index (χ1v) is 4.90. The van der Waals surface area contributed by atoms with Crippen molar-refractivity contribution in [2.24, 2.45) is 0 Å². The van der Waals surface area contributed by atoms with E-state index >= 15 is 0 Å². The molecule has 1 fully saturated rings. The molecule has 64 valence electrons. The van der Waals surface area contributed by atoms with Crippen LogP contribution in [0.4, 0.5) is 5.82 Å². The lowest BCUT2D eigenvalue weighted by Crippen LogP contribution is -1.99. The van der Waals surface area contributed by atoms with Gasteiger partial charge in [-0.3, -0.25) is 0 Å². The Labute approximate surface area is 80.3 Å². The summed E-state index contributed by atoms with van der Waals surface area (Å²) in [6.07, 6.45) is 4.31. The summed E-state index contributed by atoms with van der Waals surface area (Å²) in [6, 6.07) is 0. The maximum absolute atomic E-state index is 5.80. The van der Waals surface area contributed by atoms with Crippen molar-refractivity contribution in [2.45, 2.75) is 25.7 Å². The molecule has 2 rings (SSSR count). The molecular formula is C9H11BrN2. The third-order valence-electron chi connectivity index (χ3n) is 2.34. The number of anilines is 1. The second kappa shape index (κ2) is 2.73. The van der Waals surface area contributed by atoms with Gasteiger partial charge in [0.2, 0.25) is 0 Å². The molecule has 1 aliphatic rings. The first kappa shape index (κ1) is 8.05. The van der Waals surface area contributed by atoms with E-state index in [2.05, 4.69) is 27.8 Å². The van der Waals surface area contributed by atoms with Crippen molar-refractivity contribution in [3.63, 3.8) is 0 Å². The first-order valence-electron chi connectivity index (χ1n) is 4.10. The fourth-order valence-electron chi connectivity index (χ4n) is 1.50. The summed E-state index contributed by atoms with van der Waals surface area (Å²) in [7, 11) is 0. The normalized spacial score (nSPS) is 16.5. The minimum absolute atomic E-state index is 0.676. The number of hydrogen-bond acceptors (Lipinski definition) is 2. The number of nitrogen functional groups attached to an aromatic ring is 1. The van der Waals surface area contributed by atoms with Crippen LogP contribution in [-0.2, 0) is 0 Å². The zero-order chi connectivity index (χ0) is 8.72. The van der Waals surface area contributed by atoms with Gasteiger partial charge in [0.1, 0.15) is 5.82 Å². The standard InChI is InChI=1S/C9H11BrN2/c1-5-7(10)4-12-9(11)8(5)6-2-3-6/h4,6H,2-3H2,1H3,(H2,11,12). The predicted molar refractivity (Wildman–Crippen MR) is 53.1 cm³/mol. The molecule has 0 amide bonds. The molecule has 1 aliphatic carbocycles. The molecule has 1 saturated carbocycles. The molecule has 0 aliphatic heterocycles. The maximum atomic E-state index is 5.80. The van der Waals surface area contributed by atoms with Crippen molar-refractivity contribution in [3.8, 4) is 0 Å². The van der Waals surface area contributed by atoms with Gasteiger partial charge in [-0.15, -0.1) is 0 Å². The van der Waals surface area contributed by atoms with Crippen LogP contribution in [0.25, 0.3) is 0 Å². The molecule has 0 spiro atoms. The molecule has 1 heterocycles. The smallest absolute Gasteiger partial charge is 0.127 e. The molecule has 3 heteroatoms. The number of aromatic nitrogens is 1. The van der Waals surface area contributed by atoms with E-state index < -0.39 is 0 Å². The number of hydrogen-bond donors (Lipinski definition) is 1. The van der Waals surface area contributed by atoms with E-state index in [-0.39, 0.29) is 0 Å². The van der Waals surface area contributed by atoms with Gasteiger partial charge in [0, 0.05) is 16.2 Å². The van der Waals surface area contributed by atoms with Crippen molar-refractivity contribution in [2.75, 3.05) is 5.73 Å². The van der Waals surface area contributed by atoms with Crippen LogP contribution in [0.1, 0.15) is 29.9 Å². The van der Waals surface area contributed by atoms with Crippen molar-refractivity contribution < 1.29 is 0 Å². The molecular weight excluding hydrogens is 216 g/mol.